The summed E-state index contributed by atoms with van der Waals surface area (Å²) in [7, 11) is 0. The Morgan fingerprint density at radius 3 is 2.78 bits per heavy atom. The molecule has 0 bridgehead atoms. The summed E-state index contributed by atoms with van der Waals surface area (Å²) in [5.74, 6) is -4.84. The quantitative estimate of drug-likeness (QED) is 0.740. The van der Waals surface area contributed by atoms with Crippen LogP contribution in [0.15, 0.2) is 60.7 Å². The maximum absolute atomic E-state index is 12.2. The van der Waals surface area contributed by atoms with E-state index in [4.69, 9.17) is 23.7 Å². The van der Waals surface area contributed by atoms with Crippen LogP contribution in [-0.4, -0.2) is 24.3 Å². The number of hydrogen-bond donors (Lipinski definition) is 0. The number of carbonyl (C=O) groups is 1. The predicted octanol–water partition coefficient (Wildman–Crippen LogP) is 2.09. The molecule has 1 aliphatic carbocycles. The lowest BCUT2D eigenvalue weighted by atomic mass is 9.96. The molecule has 0 aromatic heterocycles. The molecular weight excluding hydrogens is 300 g/mol. The number of fused-ring (bicyclic) bond motifs is 2. The molecule has 1 aromatic rings. The summed E-state index contributed by atoms with van der Waals surface area (Å²) < 4.78 is 28.9. The van der Waals surface area contributed by atoms with Gasteiger partial charge in [0.2, 0.25) is 0 Å². The number of allylic oxidation sites excluding steroid dienone is 3. The molecule has 5 rings (SSSR count). The molecule has 3 unspecified atom stereocenters. The molecule has 23 heavy (non-hydrogen) atoms. The second-order valence-corrected chi connectivity index (χ2v) is 5.62. The maximum atomic E-state index is 12.2. The van der Waals surface area contributed by atoms with Gasteiger partial charge in [-0.1, -0.05) is 30.9 Å². The Morgan fingerprint density at radius 2 is 1.91 bits per heavy atom. The van der Waals surface area contributed by atoms with Crippen molar-refractivity contribution in [3.8, 4) is 0 Å². The van der Waals surface area contributed by atoms with Crippen molar-refractivity contribution in [2.24, 2.45) is 0 Å². The summed E-state index contributed by atoms with van der Waals surface area (Å²) in [6.45, 7) is 3.74. The lowest BCUT2D eigenvalue weighted by Crippen LogP contribution is -2.47. The van der Waals surface area contributed by atoms with Crippen molar-refractivity contribution < 1.29 is 28.5 Å². The van der Waals surface area contributed by atoms with Gasteiger partial charge in [0.1, 0.15) is 0 Å². The largest absolute Gasteiger partial charge is 0.400 e. The van der Waals surface area contributed by atoms with Gasteiger partial charge in [0.15, 0.2) is 6.79 Å². The molecule has 1 aromatic carbocycles. The third kappa shape index (κ3) is 1.44. The van der Waals surface area contributed by atoms with Crippen LogP contribution in [0.1, 0.15) is 15.9 Å². The number of hydrogen-bond acceptors (Lipinski definition) is 6. The molecule has 0 N–H and O–H groups in total. The standard InChI is InChI=1S/C17H12O6/c1-2-11-7-8-15-16(9-11,20-10-19-15)23-17(22-15)13-6-4-3-5-12(13)14(18)21-17/h2-9H,1,10H2. The van der Waals surface area contributed by atoms with Crippen molar-refractivity contribution in [3.63, 3.8) is 0 Å². The summed E-state index contributed by atoms with van der Waals surface area (Å²) in [6.07, 6.45) is 6.88. The highest BCUT2D eigenvalue weighted by Crippen LogP contribution is 2.58. The molecule has 2 fully saturated rings. The zero-order chi connectivity index (χ0) is 15.7. The minimum atomic E-state index is -1.69. The van der Waals surface area contributed by atoms with E-state index in [1.165, 1.54) is 0 Å². The van der Waals surface area contributed by atoms with Crippen molar-refractivity contribution in [2.75, 3.05) is 6.79 Å². The van der Waals surface area contributed by atoms with Gasteiger partial charge in [0.25, 0.3) is 11.6 Å². The maximum Gasteiger partial charge on any atom is 0.365 e. The van der Waals surface area contributed by atoms with Gasteiger partial charge in [-0.05, 0) is 29.9 Å². The number of rotatable bonds is 1. The number of benzene rings is 1. The Kier molecular flexibility index (Phi) is 2.29. The molecule has 0 saturated carbocycles. The van der Waals surface area contributed by atoms with Crippen LogP contribution in [0.3, 0.4) is 0 Å². The fourth-order valence-corrected chi connectivity index (χ4v) is 3.31. The van der Waals surface area contributed by atoms with E-state index in [0.717, 1.165) is 5.57 Å². The first-order valence-corrected chi connectivity index (χ1v) is 7.18. The topological polar surface area (TPSA) is 63.2 Å². The molecule has 0 radical (unpaired) electrons. The van der Waals surface area contributed by atoms with Gasteiger partial charge in [-0.2, -0.15) is 0 Å². The van der Waals surface area contributed by atoms with Crippen molar-refractivity contribution >= 4 is 5.97 Å². The second-order valence-electron chi connectivity index (χ2n) is 5.62. The number of esters is 1. The lowest BCUT2D eigenvalue weighted by molar-refractivity contribution is -0.369. The fraction of sp³-hybridized carbons (Fsp3) is 0.235. The molecule has 6 nitrogen and oxygen atoms in total. The highest BCUT2D eigenvalue weighted by Gasteiger charge is 2.75. The summed E-state index contributed by atoms with van der Waals surface area (Å²) in [6, 6.07) is 6.92. The van der Waals surface area contributed by atoms with Gasteiger partial charge in [-0.25, -0.2) is 4.79 Å². The average molecular weight is 312 g/mol. The van der Waals surface area contributed by atoms with Gasteiger partial charge in [-0.15, -0.1) is 0 Å². The van der Waals surface area contributed by atoms with E-state index in [-0.39, 0.29) is 6.79 Å². The zero-order valence-corrected chi connectivity index (χ0v) is 12.0. The van der Waals surface area contributed by atoms with Crippen molar-refractivity contribution in [1.29, 1.82) is 0 Å². The first-order valence-electron chi connectivity index (χ1n) is 7.18. The molecular formula is C17H12O6. The van der Waals surface area contributed by atoms with Crippen molar-refractivity contribution in [1.82, 2.24) is 0 Å². The normalized spacial score (nSPS) is 39.7. The van der Waals surface area contributed by atoms with Crippen LogP contribution in [0.2, 0.25) is 0 Å². The van der Waals surface area contributed by atoms with Crippen LogP contribution >= 0.6 is 0 Å². The van der Waals surface area contributed by atoms with E-state index in [1.54, 1.807) is 48.6 Å². The summed E-state index contributed by atoms with van der Waals surface area (Å²) >= 11 is 0. The van der Waals surface area contributed by atoms with Gasteiger partial charge in [0.05, 0.1) is 11.1 Å². The van der Waals surface area contributed by atoms with Gasteiger partial charge >= 0.3 is 11.9 Å². The van der Waals surface area contributed by atoms with E-state index in [9.17, 15) is 4.79 Å². The molecule has 3 heterocycles. The predicted molar refractivity (Wildman–Crippen MR) is 75.6 cm³/mol. The van der Waals surface area contributed by atoms with Crippen molar-refractivity contribution in [3.05, 3.63) is 71.8 Å². The second kappa shape index (κ2) is 3.98. The first kappa shape index (κ1) is 13.2. The molecule has 0 amide bonds. The molecule has 1 spiro atoms. The third-order valence-corrected chi connectivity index (χ3v) is 4.40. The van der Waals surface area contributed by atoms with Crippen LogP contribution in [0, 0.1) is 0 Å². The molecule has 4 aliphatic rings. The molecule has 116 valence electrons. The highest BCUT2D eigenvalue weighted by atomic mass is 17.0. The van der Waals surface area contributed by atoms with Crippen LogP contribution in [0.5, 0.6) is 0 Å². The van der Waals surface area contributed by atoms with Gasteiger partial charge < -0.3 is 14.2 Å². The van der Waals surface area contributed by atoms with E-state index < -0.39 is 23.5 Å². The third-order valence-electron chi connectivity index (χ3n) is 4.40. The van der Waals surface area contributed by atoms with E-state index in [1.807, 2.05) is 0 Å². The van der Waals surface area contributed by atoms with E-state index in [2.05, 4.69) is 6.58 Å². The Balaban J connectivity index is 1.69. The van der Waals surface area contributed by atoms with E-state index >= 15 is 0 Å². The summed E-state index contributed by atoms with van der Waals surface area (Å²) in [5.41, 5.74) is 1.69. The van der Waals surface area contributed by atoms with Crippen LogP contribution in [0.4, 0.5) is 0 Å². The first-order chi connectivity index (χ1) is 11.1. The van der Waals surface area contributed by atoms with Gasteiger partial charge in [-0.3, -0.25) is 9.47 Å². The Hall–Kier alpha value is -2.25. The number of ether oxygens (including phenoxy) is 5. The van der Waals surface area contributed by atoms with Crippen LogP contribution in [-0.2, 0) is 29.7 Å². The Labute approximate surface area is 131 Å². The highest BCUT2D eigenvalue weighted by molar-refractivity contribution is 5.94. The Bertz CT molecular complexity index is 811. The smallest absolute Gasteiger partial charge is 0.365 e. The summed E-state index contributed by atoms with van der Waals surface area (Å²) in [5, 5.41) is 0. The average Bonchev–Trinajstić information content (AvgIpc) is 3.13. The molecule has 3 aliphatic heterocycles. The minimum Gasteiger partial charge on any atom is -0.400 e. The van der Waals surface area contributed by atoms with E-state index in [0.29, 0.717) is 11.1 Å². The number of carbonyl (C=O) groups excluding carboxylic acids is 1. The van der Waals surface area contributed by atoms with Crippen LogP contribution < -0.4 is 0 Å². The fourth-order valence-electron chi connectivity index (χ4n) is 3.31. The molecule has 6 heteroatoms. The monoisotopic (exact) mass is 312 g/mol. The van der Waals surface area contributed by atoms with Crippen molar-refractivity contribution in [2.45, 2.75) is 17.5 Å². The zero-order valence-electron chi connectivity index (χ0n) is 12.0. The van der Waals surface area contributed by atoms with Gasteiger partial charge in [0, 0.05) is 0 Å². The minimum absolute atomic E-state index is 0.00304. The SMILES string of the molecule is C=CC1=CC23OCOC2(C=C1)OC1(OC(=O)c2ccccc21)O3. The Morgan fingerprint density at radius 1 is 1.13 bits per heavy atom. The molecule has 2 saturated heterocycles. The molecule has 3 atom stereocenters. The summed E-state index contributed by atoms with van der Waals surface area (Å²) in [4.78, 5) is 12.2. The lowest BCUT2D eigenvalue weighted by Gasteiger charge is -2.30. The van der Waals surface area contributed by atoms with Crippen LogP contribution in [0.25, 0.3) is 0 Å².